The molecule has 0 spiro atoms. The third-order valence-corrected chi connectivity index (χ3v) is 4.38. The number of hydrogen-bond acceptors (Lipinski definition) is 2. The van der Waals surface area contributed by atoms with Crippen molar-refractivity contribution in [1.29, 1.82) is 0 Å². The summed E-state index contributed by atoms with van der Waals surface area (Å²) in [5.74, 6) is -0.176. The number of nitrogens with one attached hydrogen (secondary N) is 1. The van der Waals surface area contributed by atoms with Crippen LogP contribution in [0.2, 0.25) is 5.02 Å². The number of hydrogen-bond donors (Lipinski definition) is 1. The first-order valence-electron chi connectivity index (χ1n) is 6.94. The van der Waals surface area contributed by atoms with Crippen LogP contribution in [0.1, 0.15) is 15.9 Å². The number of halogens is 2. The number of carbonyl (C=O) groups excluding carboxylic acids is 1. The number of anilines is 1. The lowest BCUT2D eigenvalue weighted by Gasteiger charge is -2.05. The highest BCUT2D eigenvalue weighted by atomic mass is 127. The summed E-state index contributed by atoms with van der Waals surface area (Å²) in [4.78, 5) is 12.3. The fourth-order valence-electron chi connectivity index (χ4n) is 2.16. The van der Waals surface area contributed by atoms with E-state index in [1.165, 1.54) is 0 Å². The van der Waals surface area contributed by atoms with Gasteiger partial charge in [0.25, 0.3) is 5.91 Å². The molecule has 1 heterocycles. The van der Waals surface area contributed by atoms with E-state index < -0.39 is 0 Å². The van der Waals surface area contributed by atoms with Crippen LogP contribution in [0, 0.1) is 3.57 Å². The van der Waals surface area contributed by atoms with Crippen molar-refractivity contribution in [3.05, 3.63) is 80.6 Å². The molecule has 6 heteroatoms. The van der Waals surface area contributed by atoms with Gasteiger partial charge in [-0.3, -0.25) is 9.48 Å². The molecule has 1 aromatic heterocycles. The van der Waals surface area contributed by atoms with Gasteiger partial charge in [-0.25, -0.2) is 0 Å². The van der Waals surface area contributed by atoms with Crippen LogP contribution in [0.4, 0.5) is 5.69 Å². The van der Waals surface area contributed by atoms with Crippen molar-refractivity contribution >= 4 is 45.8 Å². The molecule has 4 nitrogen and oxygen atoms in total. The lowest BCUT2D eigenvalue weighted by atomic mass is 10.2. The van der Waals surface area contributed by atoms with Crippen LogP contribution in [-0.2, 0) is 6.54 Å². The fourth-order valence-corrected chi connectivity index (χ4v) is 3.27. The predicted octanol–water partition coefficient (Wildman–Crippen LogP) is 4.44. The van der Waals surface area contributed by atoms with Crippen molar-refractivity contribution in [1.82, 2.24) is 9.78 Å². The van der Waals surface area contributed by atoms with Crippen molar-refractivity contribution < 1.29 is 4.79 Å². The summed E-state index contributed by atoms with van der Waals surface area (Å²) >= 11 is 8.01. The maximum Gasteiger partial charge on any atom is 0.256 e. The van der Waals surface area contributed by atoms with Crippen LogP contribution in [0.25, 0.3) is 0 Å². The monoisotopic (exact) mass is 437 g/mol. The Hall–Kier alpha value is -1.86. The molecule has 0 fully saturated rings. The average Bonchev–Trinajstić information content (AvgIpc) is 2.95. The molecular weight excluding hydrogens is 425 g/mol. The summed E-state index contributed by atoms with van der Waals surface area (Å²) in [6.07, 6.45) is 3.46. The number of amides is 1. The Kier molecular flexibility index (Phi) is 4.97. The first-order chi connectivity index (χ1) is 11.1. The van der Waals surface area contributed by atoms with E-state index in [9.17, 15) is 4.79 Å². The lowest BCUT2D eigenvalue weighted by molar-refractivity contribution is 0.102. The molecule has 116 valence electrons. The van der Waals surface area contributed by atoms with Gasteiger partial charge in [0.15, 0.2) is 0 Å². The van der Waals surface area contributed by atoms with E-state index >= 15 is 0 Å². The Labute approximate surface area is 152 Å². The summed E-state index contributed by atoms with van der Waals surface area (Å²) in [7, 11) is 0. The molecule has 0 saturated heterocycles. The van der Waals surface area contributed by atoms with E-state index in [-0.39, 0.29) is 5.91 Å². The van der Waals surface area contributed by atoms with Crippen LogP contribution in [0.5, 0.6) is 0 Å². The quantitative estimate of drug-likeness (QED) is 0.613. The second kappa shape index (κ2) is 7.14. The average molecular weight is 438 g/mol. The van der Waals surface area contributed by atoms with Crippen molar-refractivity contribution in [3.8, 4) is 0 Å². The summed E-state index contributed by atoms with van der Waals surface area (Å²) in [6.45, 7) is 0.662. The van der Waals surface area contributed by atoms with Gasteiger partial charge in [0.2, 0.25) is 0 Å². The number of nitrogens with zero attached hydrogens (tertiary/aromatic N) is 2. The largest absolute Gasteiger partial charge is 0.319 e. The van der Waals surface area contributed by atoms with Gasteiger partial charge in [0.1, 0.15) is 0 Å². The minimum Gasteiger partial charge on any atom is -0.319 e. The molecule has 3 aromatic rings. The van der Waals surface area contributed by atoms with E-state index in [1.54, 1.807) is 29.1 Å². The van der Waals surface area contributed by atoms with E-state index in [0.29, 0.717) is 22.8 Å². The molecule has 1 N–H and O–H groups in total. The van der Waals surface area contributed by atoms with Crippen LogP contribution in [0.15, 0.2) is 60.9 Å². The summed E-state index contributed by atoms with van der Waals surface area (Å²) in [5, 5.41) is 7.74. The summed E-state index contributed by atoms with van der Waals surface area (Å²) in [6, 6.07) is 15.2. The van der Waals surface area contributed by atoms with Gasteiger partial charge in [-0.05, 0) is 46.4 Å². The second-order valence-corrected chi connectivity index (χ2v) is 6.59. The van der Waals surface area contributed by atoms with E-state index in [2.05, 4.69) is 33.0 Å². The van der Waals surface area contributed by atoms with Gasteiger partial charge in [-0.1, -0.05) is 41.9 Å². The maximum atomic E-state index is 12.3. The molecule has 1 amide bonds. The molecule has 0 atom stereocenters. The molecule has 0 unspecified atom stereocenters. The smallest absolute Gasteiger partial charge is 0.256 e. The van der Waals surface area contributed by atoms with Gasteiger partial charge in [0, 0.05) is 14.8 Å². The Morgan fingerprint density at radius 1 is 1.22 bits per heavy atom. The van der Waals surface area contributed by atoms with E-state index in [0.717, 1.165) is 9.13 Å². The van der Waals surface area contributed by atoms with Gasteiger partial charge in [-0.15, -0.1) is 0 Å². The minimum absolute atomic E-state index is 0.176. The number of carbonyl (C=O) groups is 1. The van der Waals surface area contributed by atoms with Crippen molar-refractivity contribution in [2.45, 2.75) is 6.54 Å². The van der Waals surface area contributed by atoms with Gasteiger partial charge in [0.05, 0.1) is 24.0 Å². The molecule has 3 rings (SSSR count). The first kappa shape index (κ1) is 16.0. The molecule has 0 aliphatic heterocycles. The SMILES string of the molecule is O=C(Nc1cnn(Cc2ccccc2)c1)c1ccc(Cl)cc1I. The standard InChI is InChI=1S/C17H13ClIN3O/c18-13-6-7-15(16(19)8-13)17(23)21-14-9-20-22(11-14)10-12-4-2-1-3-5-12/h1-9,11H,10H2,(H,21,23). The van der Waals surface area contributed by atoms with Gasteiger partial charge in [-0.2, -0.15) is 5.10 Å². The summed E-state index contributed by atoms with van der Waals surface area (Å²) < 4.78 is 2.60. The molecule has 0 bridgehead atoms. The Balaban J connectivity index is 1.70. The zero-order valence-electron chi connectivity index (χ0n) is 12.0. The van der Waals surface area contributed by atoms with Crippen LogP contribution in [0.3, 0.4) is 0 Å². The van der Waals surface area contributed by atoms with Gasteiger partial charge < -0.3 is 5.32 Å². The Bertz CT molecular complexity index is 833. The van der Waals surface area contributed by atoms with Crippen molar-refractivity contribution in [2.75, 3.05) is 5.32 Å². The van der Waals surface area contributed by atoms with Crippen LogP contribution < -0.4 is 5.32 Å². The number of benzene rings is 2. The third kappa shape index (κ3) is 4.11. The molecule has 23 heavy (non-hydrogen) atoms. The Morgan fingerprint density at radius 2 is 2.00 bits per heavy atom. The zero-order valence-corrected chi connectivity index (χ0v) is 15.0. The number of rotatable bonds is 4. The second-order valence-electron chi connectivity index (χ2n) is 4.99. The topological polar surface area (TPSA) is 46.9 Å². The lowest BCUT2D eigenvalue weighted by Crippen LogP contribution is -2.13. The highest BCUT2D eigenvalue weighted by Crippen LogP contribution is 2.19. The molecule has 0 saturated carbocycles. The molecule has 0 radical (unpaired) electrons. The van der Waals surface area contributed by atoms with Crippen molar-refractivity contribution in [3.63, 3.8) is 0 Å². The van der Waals surface area contributed by atoms with Crippen LogP contribution in [-0.4, -0.2) is 15.7 Å². The van der Waals surface area contributed by atoms with E-state index in [4.69, 9.17) is 11.6 Å². The van der Waals surface area contributed by atoms with Crippen LogP contribution >= 0.6 is 34.2 Å². The fraction of sp³-hybridized carbons (Fsp3) is 0.0588. The zero-order chi connectivity index (χ0) is 16.2. The normalized spacial score (nSPS) is 10.5. The summed E-state index contributed by atoms with van der Waals surface area (Å²) in [5.41, 5.74) is 2.41. The molecule has 2 aromatic carbocycles. The number of aromatic nitrogens is 2. The first-order valence-corrected chi connectivity index (χ1v) is 8.40. The van der Waals surface area contributed by atoms with E-state index in [1.807, 2.05) is 36.5 Å². The maximum absolute atomic E-state index is 12.3. The van der Waals surface area contributed by atoms with Crippen molar-refractivity contribution in [2.24, 2.45) is 0 Å². The Morgan fingerprint density at radius 3 is 2.74 bits per heavy atom. The highest BCUT2D eigenvalue weighted by molar-refractivity contribution is 14.1. The minimum atomic E-state index is -0.176. The molecule has 0 aliphatic carbocycles. The third-order valence-electron chi connectivity index (χ3n) is 3.25. The molecule has 0 aliphatic rings. The van der Waals surface area contributed by atoms with Gasteiger partial charge >= 0.3 is 0 Å². The molecular formula is C17H13ClIN3O. The highest BCUT2D eigenvalue weighted by Gasteiger charge is 2.11. The predicted molar refractivity (Wildman–Crippen MR) is 99.9 cm³/mol.